The van der Waals surface area contributed by atoms with Gasteiger partial charge in [0.05, 0.1) is 0 Å². The van der Waals surface area contributed by atoms with Crippen molar-refractivity contribution in [3.05, 3.63) is 65.6 Å². The lowest BCUT2D eigenvalue weighted by molar-refractivity contribution is 0.0732. The van der Waals surface area contributed by atoms with Crippen molar-refractivity contribution in [2.75, 3.05) is 17.3 Å². The van der Waals surface area contributed by atoms with Gasteiger partial charge in [-0.15, -0.1) is 0 Å². The van der Waals surface area contributed by atoms with Gasteiger partial charge in [-0.25, -0.2) is 9.97 Å². The number of hydrogen-bond acceptors (Lipinski definition) is 7. The average molecular weight is 401 g/mol. The summed E-state index contributed by atoms with van der Waals surface area (Å²) >= 11 is 6.14. The number of anilines is 3. The lowest BCUT2D eigenvalue weighted by Crippen LogP contribution is -2.24. The zero-order valence-corrected chi connectivity index (χ0v) is 16.5. The molecule has 0 aliphatic carbocycles. The molecular weight excluding hydrogens is 380 g/mol. The summed E-state index contributed by atoms with van der Waals surface area (Å²) in [7, 11) is 1.95. The minimum Gasteiger partial charge on any atom is -0.384 e. The largest absolute Gasteiger partial charge is 0.384 e. The second-order valence-electron chi connectivity index (χ2n) is 6.82. The molecule has 0 saturated carbocycles. The van der Waals surface area contributed by atoms with Gasteiger partial charge in [0.15, 0.2) is 16.7 Å². The van der Waals surface area contributed by atoms with Crippen LogP contribution in [0.5, 0.6) is 0 Å². The summed E-state index contributed by atoms with van der Waals surface area (Å²) in [5.41, 5.74) is 5.68. The number of hydrogen-bond donors (Lipinski definition) is 3. The van der Waals surface area contributed by atoms with Crippen molar-refractivity contribution >= 4 is 34.7 Å². The van der Waals surface area contributed by atoms with Crippen LogP contribution in [0.4, 0.5) is 17.2 Å². The Morgan fingerprint density at radius 1 is 1.14 bits per heavy atom. The molecule has 2 aromatic rings. The molecule has 9 heteroatoms. The molecule has 2 heterocycles. The van der Waals surface area contributed by atoms with Crippen molar-refractivity contribution in [2.45, 2.75) is 19.4 Å². The first-order valence-electron chi connectivity index (χ1n) is 8.49. The molecule has 1 aromatic carbocycles. The predicted molar refractivity (Wildman–Crippen MR) is 109 cm³/mol. The summed E-state index contributed by atoms with van der Waals surface area (Å²) in [6.45, 7) is 3.00. The maximum absolute atomic E-state index is 11.8. The number of carbonyl (C=O) groups excluding carboxylic acids is 1. The van der Waals surface area contributed by atoms with Gasteiger partial charge in [0.2, 0.25) is 0 Å². The van der Waals surface area contributed by atoms with Gasteiger partial charge in [-0.05, 0) is 38.1 Å². The van der Waals surface area contributed by atoms with Gasteiger partial charge in [0, 0.05) is 43.2 Å². The number of benzene rings is 1. The first-order chi connectivity index (χ1) is 13.1. The zero-order chi connectivity index (χ0) is 20.5. The summed E-state index contributed by atoms with van der Waals surface area (Å²) in [5, 5.41) is 13.1. The monoisotopic (exact) mass is 400 g/mol. The molecule has 1 aromatic heterocycles. The Morgan fingerprint density at radius 3 is 2.29 bits per heavy atom. The second-order valence-corrected chi connectivity index (χ2v) is 7.18. The van der Waals surface area contributed by atoms with Crippen LogP contribution < -0.4 is 16.0 Å². The number of nitrogens with two attached hydrogens (primary N) is 1. The third-order valence-electron chi connectivity index (χ3n) is 4.02. The minimum atomic E-state index is -1.36. The van der Waals surface area contributed by atoms with E-state index < -0.39 is 11.5 Å². The number of nitrogens with zero attached hydrogens (tertiary/aromatic N) is 4. The molecule has 28 heavy (non-hydrogen) atoms. The summed E-state index contributed by atoms with van der Waals surface area (Å²) < 4.78 is 0. The number of rotatable bonds is 5. The molecule has 0 radical (unpaired) electrons. The van der Waals surface area contributed by atoms with Crippen molar-refractivity contribution in [1.29, 1.82) is 0 Å². The van der Waals surface area contributed by atoms with Gasteiger partial charge in [0.1, 0.15) is 11.3 Å². The SMILES string of the molecule is CN1C=CN(c2ccc(Nc3nc(Cl)c(C(C)(C)O)nc3C(N)=O)cc2)C=C1. The highest BCUT2D eigenvalue weighted by molar-refractivity contribution is 6.30. The second kappa shape index (κ2) is 7.49. The van der Waals surface area contributed by atoms with Crippen LogP contribution in [0.2, 0.25) is 5.15 Å². The first-order valence-corrected chi connectivity index (χ1v) is 8.87. The Hall–Kier alpha value is -3.10. The van der Waals surface area contributed by atoms with Crippen molar-refractivity contribution < 1.29 is 9.90 Å². The number of nitrogens with one attached hydrogen (secondary N) is 1. The van der Waals surface area contributed by atoms with E-state index in [1.807, 2.05) is 65.9 Å². The van der Waals surface area contributed by atoms with Gasteiger partial charge in [-0.1, -0.05) is 11.6 Å². The predicted octanol–water partition coefficient (Wildman–Crippen LogP) is 2.89. The van der Waals surface area contributed by atoms with Crippen LogP contribution in [0.15, 0.2) is 49.1 Å². The van der Waals surface area contributed by atoms with Crippen molar-refractivity contribution in [3.8, 4) is 0 Å². The Labute approximate surface area is 167 Å². The van der Waals surface area contributed by atoms with Gasteiger partial charge in [-0.3, -0.25) is 4.79 Å². The molecule has 4 N–H and O–H groups in total. The highest BCUT2D eigenvalue weighted by Gasteiger charge is 2.26. The fraction of sp³-hybridized carbons (Fsp3) is 0.211. The standard InChI is InChI=1S/C19H21ClN6O2/c1-19(2,28)15-16(20)24-18(14(23-15)17(21)27)22-12-4-6-13(7-5-12)26-10-8-25(3)9-11-26/h4-11,28H,1-3H3,(H2,21,27)(H,22,24). The minimum absolute atomic E-state index is 0.00988. The lowest BCUT2D eigenvalue weighted by Gasteiger charge is -2.22. The van der Waals surface area contributed by atoms with Crippen LogP contribution in [-0.2, 0) is 5.60 Å². The van der Waals surface area contributed by atoms with Crippen molar-refractivity contribution in [2.24, 2.45) is 5.73 Å². The average Bonchev–Trinajstić information content (AvgIpc) is 2.62. The Morgan fingerprint density at radius 2 is 1.75 bits per heavy atom. The Balaban J connectivity index is 1.87. The van der Waals surface area contributed by atoms with Crippen LogP contribution in [0.3, 0.4) is 0 Å². The highest BCUT2D eigenvalue weighted by Crippen LogP contribution is 2.29. The first kappa shape index (κ1) is 19.7. The topological polar surface area (TPSA) is 108 Å². The van der Waals surface area contributed by atoms with Gasteiger partial charge in [-0.2, -0.15) is 0 Å². The summed E-state index contributed by atoms with van der Waals surface area (Å²) in [5.74, 6) is -0.654. The maximum atomic E-state index is 11.8. The molecule has 0 bridgehead atoms. The molecule has 146 valence electrons. The Kier molecular flexibility index (Phi) is 5.26. The summed E-state index contributed by atoms with van der Waals surface area (Å²) in [6.07, 6.45) is 7.75. The molecule has 1 aliphatic heterocycles. The molecule has 1 amide bonds. The van der Waals surface area contributed by atoms with E-state index in [4.69, 9.17) is 17.3 Å². The molecule has 0 atom stereocenters. The third kappa shape index (κ3) is 4.24. The van der Waals surface area contributed by atoms with E-state index in [2.05, 4.69) is 15.3 Å². The fourth-order valence-corrected chi connectivity index (χ4v) is 2.90. The number of amides is 1. The maximum Gasteiger partial charge on any atom is 0.271 e. The van der Waals surface area contributed by atoms with Gasteiger partial charge < -0.3 is 26.0 Å². The van der Waals surface area contributed by atoms with Crippen molar-refractivity contribution in [3.63, 3.8) is 0 Å². The molecule has 0 fully saturated rings. The number of aliphatic hydroxyl groups is 1. The van der Waals surface area contributed by atoms with E-state index in [9.17, 15) is 9.90 Å². The van der Waals surface area contributed by atoms with E-state index in [0.29, 0.717) is 5.69 Å². The number of aromatic nitrogens is 2. The molecule has 0 unspecified atom stereocenters. The normalized spacial score (nSPS) is 13.8. The number of halogens is 1. The van der Waals surface area contributed by atoms with E-state index >= 15 is 0 Å². The lowest BCUT2D eigenvalue weighted by atomic mass is 10.1. The summed E-state index contributed by atoms with van der Waals surface area (Å²) in [6, 6.07) is 7.48. The van der Waals surface area contributed by atoms with E-state index in [1.54, 1.807) is 0 Å². The van der Waals surface area contributed by atoms with Gasteiger partial charge >= 0.3 is 0 Å². The van der Waals surface area contributed by atoms with Crippen molar-refractivity contribution in [1.82, 2.24) is 14.9 Å². The molecular formula is C19H21ClN6O2. The zero-order valence-electron chi connectivity index (χ0n) is 15.7. The van der Waals surface area contributed by atoms with E-state index in [-0.39, 0.29) is 22.4 Å². The van der Waals surface area contributed by atoms with E-state index in [0.717, 1.165) is 5.69 Å². The molecule has 0 saturated heterocycles. The highest BCUT2D eigenvalue weighted by atomic mass is 35.5. The van der Waals surface area contributed by atoms with Crippen LogP contribution >= 0.6 is 11.6 Å². The molecule has 1 aliphatic rings. The van der Waals surface area contributed by atoms with Crippen LogP contribution in [0.1, 0.15) is 30.0 Å². The van der Waals surface area contributed by atoms with Crippen LogP contribution in [0, 0.1) is 0 Å². The quantitative estimate of drug-likeness (QED) is 0.708. The number of carbonyl (C=O) groups is 1. The fourth-order valence-electron chi connectivity index (χ4n) is 2.54. The number of primary amides is 1. The van der Waals surface area contributed by atoms with E-state index in [1.165, 1.54) is 13.8 Å². The van der Waals surface area contributed by atoms with Crippen LogP contribution in [-0.4, -0.2) is 32.9 Å². The smallest absolute Gasteiger partial charge is 0.271 e. The Bertz CT molecular complexity index is 936. The van der Waals surface area contributed by atoms with Crippen LogP contribution in [0.25, 0.3) is 0 Å². The molecule has 0 spiro atoms. The van der Waals surface area contributed by atoms with Gasteiger partial charge in [0.25, 0.3) is 5.91 Å². The molecule has 8 nitrogen and oxygen atoms in total. The molecule has 3 rings (SSSR count). The summed E-state index contributed by atoms with van der Waals surface area (Å²) in [4.78, 5) is 24.0. The third-order valence-corrected chi connectivity index (χ3v) is 4.28.